The molecular weight excluding hydrogens is 342 g/mol. The van der Waals surface area contributed by atoms with Crippen molar-refractivity contribution in [3.05, 3.63) is 60.2 Å². The predicted octanol–water partition coefficient (Wildman–Crippen LogP) is 2.90. The van der Waals surface area contributed by atoms with Crippen LogP contribution in [-0.2, 0) is 9.59 Å². The molecule has 0 fully saturated rings. The minimum Gasteiger partial charge on any atom is -0.493 e. The van der Waals surface area contributed by atoms with Crippen molar-refractivity contribution in [3.63, 3.8) is 0 Å². The minimum absolute atomic E-state index is 0.0432. The molecule has 2 aromatic rings. The molecule has 2 amide bonds. The third kappa shape index (κ3) is 5.54. The van der Waals surface area contributed by atoms with Crippen LogP contribution in [0.3, 0.4) is 0 Å². The van der Waals surface area contributed by atoms with Gasteiger partial charge < -0.3 is 15.0 Å². The Labute approximate surface area is 150 Å². The lowest BCUT2D eigenvalue weighted by Gasteiger charge is -2.22. The van der Waals surface area contributed by atoms with E-state index in [-0.39, 0.29) is 32.0 Å². The van der Waals surface area contributed by atoms with Gasteiger partial charge >= 0.3 is 0 Å². The number of halogens is 2. The molecule has 0 heterocycles. The fourth-order valence-corrected chi connectivity index (χ4v) is 2.35. The van der Waals surface area contributed by atoms with E-state index in [4.69, 9.17) is 4.74 Å². The number of ether oxygens (including phenoxy) is 1. The van der Waals surface area contributed by atoms with Gasteiger partial charge in [-0.2, -0.15) is 0 Å². The minimum atomic E-state index is -0.831. The van der Waals surface area contributed by atoms with Crippen LogP contribution in [0.4, 0.5) is 14.5 Å². The number of hydrogen-bond acceptors (Lipinski definition) is 3. The van der Waals surface area contributed by atoms with Crippen LogP contribution >= 0.6 is 0 Å². The first-order valence-corrected chi connectivity index (χ1v) is 8.15. The molecule has 0 radical (unpaired) electrons. The average molecular weight is 362 g/mol. The van der Waals surface area contributed by atoms with Gasteiger partial charge in [-0.3, -0.25) is 9.59 Å². The Kier molecular flexibility index (Phi) is 7.08. The predicted molar refractivity (Wildman–Crippen MR) is 93.9 cm³/mol. The summed E-state index contributed by atoms with van der Waals surface area (Å²) in [6.45, 7) is 1.44. The number of para-hydroxylation sites is 2. The van der Waals surface area contributed by atoms with Crippen LogP contribution in [0.2, 0.25) is 0 Å². The summed E-state index contributed by atoms with van der Waals surface area (Å²) in [5, 5.41) is 2.61. The van der Waals surface area contributed by atoms with Crippen LogP contribution in [-0.4, -0.2) is 31.5 Å². The van der Waals surface area contributed by atoms with Crippen molar-refractivity contribution in [2.24, 2.45) is 0 Å². The van der Waals surface area contributed by atoms with Crippen LogP contribution in [0, 0.1) is 11.6 Å². The van der Waals surface area contributed by atoms with Gasteiger partial charge in [-0.15, -0.1) is 0 Å². The van der Waals surface area contributed by atoms with Crippen molar-refractivity contribution in [1.29, 1.82) is 0 Å². The summed E-state index contributed by atoms with van der Waals surface area (Å²) in [6.07, 6.45) is 0.128. The van der Waals surface area contributed by atoms with Crippen molar-refractivity contribution in [1.82, 2.24) is 5.32 Å². The Hall–Kier alpha value is -2.96. The molecular formula is C19H20F2N2O3. The first-order valence-electron chi connectivity index (χ1n) is 8.15. The molecule has 0 bridgehead atoms. The highest BCUT2D eigenvalue weighted by molar-refractivity contribution is 5.91. The van der Waals surface area contributed by atoms with Crippen molar-refractivity contribution < 1.29 is 23.1 Å². The second kappa shape index (κ2) is 9.50. The molecule has 0 saturated carbocycles. The maximum Gasteiger partial charge on any atom is 0.224 e. The lowest BCUT2D eigenvalue weighted by Crippen LogP contribution is -2.38. The molecule has 0 aliphatic carbocycles. The van der Waals surface area contributed by atoms with E-state index in [9.17, 15) is 18.4 Å². The number of benzene rings is 2. The Morgan fingerprint density at radius 3 is 2.31 bits per heavy atom. The van der Waals surface area contributed by atoms with Crippen molar-refractivity contribution in [2.75, 3.05) is 24.6 Å². The zero-order valence-corrected chi connectivity index (χ0v) is 14.4. The quantitative estimate of drug-likeness (QED) is 0.786. The number of anilines is 1. The van der Waals surface area contributed by atoms with Crippen molar-refractivity contribution in [3.8, 4) is 5.75 Å². The second-order valence-corrected chi connectivity index (χ2v) is 5.50. The molecule has 0 spiro atoms. The second-order valence-electron chi connectivity index (χ2n) is 5.50. The largest absolute Gasteiger partial charge is 0.493 e. The van der Waals surface area contributed by atoms with Gasteiger partial charge in [-0.1, -0.05) is 24.3 Å². The molecule has 0 aliphatic rings. The lowest BCUT2D eigenvalue weighted by molar-refractivity contribution is -0.122. The third-order valence-electron chi connectivity index (χ3n) is 3.59. The van der Waals surface area contributed by atoms with Crippen LogP contribution in [0.5, 0.6) is 5.75 Å². The van der Waals surface area contributed by atoms with Gasteiger partial charge in [0.15, 0.2) is 0 Å². The molecule has 7 heteroatoms. The Bertz CT molecular complexity index is 733. The van der Waals surface area contributed by atoms with E-state index in [1.54, 1.807) is 12.1 Å². The Morgan fingerprint density at radius 2 is 1.69 bits per heavy atom. The molecule has 2 aromatic carbocycles. The number of amides is 2. The van der Waals surface area contributed by atoms with Gasteiger partial charge in [-0.25, -0.2) is 8.78 Å². The molecule has 26 heavy (non-hydrogen) atoms. The standard InChI is InChI=1S/C19H20F2N2O3/c1-14(24)23(19-16(20)8-5-9-17(19)21)12-11-22-18(25)10-13-26-15-6-3-2-4-7-15/h2-9H,10-13H2,1H3,(H,22,25). The summed E-state index contributed by atoms with van der Waals surface area (Å²) in [5.74, 6) is -1.79. The first kappa shape index (κ1) is 19.4. The fraction of sp³-hybridized carbons (Fsp3) is 0.263. The average Bonchev–Trinajstić information content (AvgIpc) is 2.61. The van der Waals surface area contributed by atoms with Crippen molar-refractivity contribution >= 4 is 17.5 Å². The molecule has 5 nitrogen and oxygen atoms in total. The summed E-state index contributed by atoms with van der Waals surface area (Å²) in [4.78, 5) is 24.5. The molecule has 1 N–H and O–H groups in total. The van der Waals surface area contributed by atoms with E-state index >= 15 is 0 Å². The normalized spacial score (nSPS) is 10.3. The zero-order valence-electron chi connectivity index (χ0n) is 14.4. The SMILES string of the molecule is CC(=O)N(CCNC(=O)CCOc1ccccc1)c1c(F)cccc1F. The van der Waals surface area contributed by atoms with E-state index in [1.807, 2.05) is 18.2 Å². The number of nitrogens with zero attached hydrogens (tertiary/aromatic N) is 1. The summed E-state index contributed by atoms with van der Waals surface area (Å²) in [5.41, 5.74) is -0.415. The summed E-state index contributed by atoms with van der Waals surface area (Å²) < 4.78 is 33.1. The maximum atomic E-state index is 13.8. The van der Waals surface area contributed by atoms with Crippen LogP contribution < -0.4 is 15.0 Å². The van der Waals surface area contributed by atoms with Gasteiger partial charge in [-0.05, 0) is 24.3 Å². The smallest absolute Gasteiger partial charge is 0.224 e. The van der Waals surface area contributed by atoms with E-state index in [1.165, 1.54) is 13.0 Å². The highest BCUT2D eigenvalue weighted by Gasteiger charge is 2.19. The summed E-state index contributed by atoms with van der Waals surface area (Å²) in [7, 11) is 0. The lowest BCUT2D eigenvalue weighted by atomic mass is 10.2. The number of carbonyl (C=O) groups excluding carboxylic acids is 2. The summed E-state index contributed by atoms with van der Waals surface area (Å²) >= 11 is 0. The molecule has 0 unspecified atom stereocenters. The van der Waals surface area contributed by atoms with E-state index in [0.29, 0.717) is 5.75 Å². The van der Waals surface area contributed by atoms with E-state index < -0.39 is 23.2 Å². The Morgan fingerprint density at radius 1 is 1.04 bits per heavy atom. The fourth-order valence-electron chi connectivity index (χ4n) is 2.35. The van der Waals surface area contributed by atoms with Gasteiger partial charge in [0, 0.05) is 20.0 Å². The molecule has 2 rings (SSSR count). The van der Waals surface area contributed by atoms with Gasteiger partial charge in [0.2, 0.25) is 11.8 Å². The van der Waals surface area contributed by atoms with E-state index in [2.05, 4.69) is 5.32 Å². The highest BCUT2D eigenvalue weighted by atomic mass is 19.1. The number of carbonyl (C=O) groups is 2. The third-order valence-corrected chi connectivity index (χ3v) is 3.59. The van der Waals surface area contributed by atoms with E-state index in [0.717, 1.165) is 17.0 Å². The van der Waals surface area contributed by atoms with Crippen molar-refractivity contribution in [2.45, 2.75) is 13.3 Å². The van der Waals surface area contributed by atoms with Crippen LogP contribution in [0.1, 0.15) is 13.3 Å². The first-order chi connectivity index (χ1) is 12.5. The monoisotopic (exact) mass is 362 g/mol. The number of hydrogen-bond donors (Lipinski definition) is 1. The van der Waals surface area contributed by atoms with Gasteiger partial charge in [0.1, 0.15) is 23.1 Å². The molecule has 0 atom stereocenters. The topological polar surface area (TPSA) is 58.6 Å². The Balaban J connectivity index is 1.80. The van der Waals surface area contributed by atoms with Crippen LogP contribution in [0.25, 0.3) is 0 Å². The highest BCUT2D eigenvalue weighted by Crippen LogP contribution is 2.23. The molecule has 0 aliphatic heterocycles. The van der Waals surface area contributed by atoms with Gasteiger partial charge in [0.25, 0.3) is 0 Å². The van der Waals surface area contributed by atoms with Crippen LogP contribution in [0.15, 0.2) is 48.5 Å². The summed E-state index contributed by atoms with van der Waals surface area (Å²) in [6, 6.07) is 12.5. The number of nitrogens with one attached hydrogen (secondary N) is 1. The molecule has 138 valence electrons. The number of rotatable bonds is 8. The van der Waals surface area contributed by atoms with Gasteiger partial charge in [0.05, 0.1) is 13.0 Å². The zero-order chi connectivity index (χ0) is 18.9. The molecule has 0 saturated heterocycles. The maximum absolute atomic E-state index is 13.8. The molecule has 0 aromatic heterocycles.